The van der Waals surface area contributed by atoms with Gasteiger partial charge >= 0.3 is 6.18 Å². The van der Waals surface area contributed by atoms with Crippen LogP contribution in [0.3, 0.4) is 0 Å². The average molecular weight is 481 g/mol. The van der Waals surface area contributed by atoms with Crippen molar-refractivity contribution in [1.82, 2.24) is 10.6 Å². The minimum atomic E-state index is -4.52. The van der Waals surface area contributed by atoms with Gasteiger partial charge in [-0.3, -0.25) is 14.4 Å². The molecular weight excluding hydrogens is 455 g/mol. The van der Waals surface area contributed by atoms with Gasteiger partial charge in [0.05, 0.1) is 14.2 Å². The van der Waals surface area contributed by atoms with Gasteiger partial charge in [-0.25, -0.2) is 0 Å². The smallest absolute Gasteiger partial charge is 0.405 e. The number of benzene rings is 2. The summed E-state index contributed by atoms with van der Waals surface area (Å²) in [5, 5.41) is 7.09. The highest BCUT2D eigenvalue weighted by Crippen LogP contribution is 2.23. The third kappa shape index (κ3) is 7.68. The van der Waals surface area contributed by atoms with Gasteiger partial charge < -0.3 is 25.4 Å². The summed E-state index contributed by atoms with van der Waals surface area (Å²) in [6.07, 6.45) is -4.52. The lowest BCUT2D eigenvalue weighted by atomic mass is 10.0. The third-order valence-corrected chi connectivity index (χ3v) is 4.71. The van der Waals surface area contributed by atoms with Gasteiger partial charge in [0.25, 0.3) is 11.8 Å². The molecule has 0 aliphatic heterocycles. The number of methoxy groups -OCH3 is 2. The van der Waals surface area contributed by atoms with Crippen molar-refractivity contribution in [3.63, 3.8) is 0 Å². The Hall–Kier alpha value is -3.76. The van der Waals surface area contributed by atoms with Gasteiger partial charge in [0.2, 0.25) is 5.91 Å². The molecule has 0 bridgehead atoms. The molecule has 0 radical (unpaired) electrons. The standard InChI is InChI=1S/C23H26F3N3O5/c1-13(2)19(29-21(31)15-9-17(33-3)11-18(10-15)34-4)22(32)28-16-7-5-14(6-8-16)20(30)27-12-23(24,25)26/h5-11,13,19H,12H2,1-4H3,(H,27,30)(H,28,32)(H,29,31). The van der Waals surface area contributed by atoms with Gasteiger partial charge in [0.1, 0.15) is 24.1 Å². The zero-order chi connectivity index (χ0) is 25.5. The highest BCUT2D eigenvalue weighted by atomic mass is 19.4. The lowest BCUT2D eigenvalue weighted by Gasteiger charge is -2.22. The number of rotatable bonds is 9. The second kappa shape index (κ2) is 11.4. The first-order valence-corrected chi connectivity index (χ1v) is 10.2. The molecule has 3 N–H and O–H groups in total. The van der Waals surface area contributed by atoms with Crippen LogP contribution in [0.25, 0.3) is 0 Å². The maximum atomic E-state index is 12.8. The molecule has 0 heterocycles. The summed E-state index contributed by atoms with van der Waals surface area (Å²) >= 11 is 0. The minimum absolute atomic E-state index is 0.00272. The lowest BCUT2D eigenvalue weighted by Crippen LogP contribution is -2.47. The lowest BCUT2D eigenvalue weighted by molar-refractivity contribution is -0.123. The summed E-state index contributed by atoms with van der Waals surface area (Å²) in [6, 6.07) is 9.06. The van der Waals surface area contributed by atoms with Crippen LogP contribution in [0.15, 0.2) is 42.5 Å². The molecule has 3 amide bonds. The predicted molar refractivity (Wildman–Crippen MR) is 119 cm³/mol. The largest absolute Gasteiger partial charge is 0.497 e. The van der Waals surface area contributed by atoms with Gasteiger partial charge in [0, 0.05) is 22.9 Å². The van der Waals surface area contributed by atoms with E-state index < -0.39 is 36.5 Å². The van der Waals surface area contributed by atoms with E-state index in [1.165, 1.54) is 50.6 Å². The van der Waals surface area contributed by atoms with Crippen molar-refractivity contribution in [2.45, 2.75) is 26.1 Å². The van der Waals surface area contributed by atoms with E-state index >= 15 is 0 Å². The van der Waals surface area contributed by atoms with Crippen LogP contribution >= 0.6 is 0 Å². The maximum absolute atomic E-state index is 12.8. The molecule has 0 aromatic heterocycles. The number of nitrogens with one attached hydrogen (secondary N) is 3. The summed E-state index contributed by atoms with van der Waals surface area (Å²) in [5.74, 6) is -1.36. The Bertz CT molecular complexity index is 1000. The molecule has 184 valence electrons. The van der Waals surface area contributed by atoms with Crippen LogP contribution in [0.1, 0.15) is 34.6 Å². The van der Waals surface area contributed by atoms with Gasteiger partial charge in [-0.05, 0) is 42.3 Å². The predicted octanol–water partition coefficient (Wildman–Crippen LogP) is 3.39. The second-order valence-electron chi connectivity index (χ2n) is 7.66. The second-order valence-corrected chi connectivity index (χ2v) is 7.66. The van der Waals surface area contributed by atoms with Gasteiger partial charge in [-0.15, -0.1) is 0 Å². The molecule has 0 saturated heterocycles. The van der Waals surface area contributed by atoms with E-state index in [0.29, 0.717) is 17.2 Å². The van der Waals surface area contributed by atoms with E-state index in [0.717, 1.165) is 0 Å². The van der Waals surface area contributed by atoms with Crippen molar-refractivity contribution in [1.29, 1.82) is 0 Å². The van der Waals surface area contributed by atoms with Crippen molar-refractivity contribution in [3.05, 3.63) is 53.6 Å². The molecule has 2 aromatic carbocycles. The van der Waals surface area contributed by atoms with E-state index in [-0.39, 0.29) is 17.0 Å². The topological polar surface area (TPSA) is 106 Å². The molecular formula is C23H26F3N3O5. The Balaban J connectivity index is 2.08. The number of amides is 3. The Morgan fingerprint density at radius 3 is 1.91 bits per heavy atom. The summed E-state index contributed by atoms with van der Waals surface area (Å²) in [6.45, 7) is 2.06. The van der Waals surface area contributed by atoms with Crippen molar-refractivity contribution in [2.24, 2.45) is 5.92 Å². The quantitative estimate of drug-likeness (QED) is 0.509. The normalized spacial score (nSPS) is 12.0. The Labute approximate surface area is 194 Å². The highest BCUT2D eigenvalue weighted by Gasteiger charge is 2.28. The Kier molecular flexibility index (Phi) is 8.88. The molecule has 8 nitrogen and oxygen atoms in total. The first-order chi connectivity index (χ1) is 15.9. The minimum Gasteiger partial charge on any atom is -0.497 e. The monoisotopic (exact) mass is 481 g/mol. The molecule has 34 heavy (non-hydrogen) atoms. The van der Waals surface area contributed by atoms with E-state index in [9.17, 15) is 27.6 Å². The van der Waals surface area contributed by atoms with Crippen LogP contribution in [0, 0.1) is 5.92 Å². The molecule has 0 aliphatic rings. The number of hydrogen-bond donors (Lipinski definition) is 3. The molecule has 1 unspecified atom stereocenters. The molecule has 2 aromatic rings. The zero-order valence-electron chi connectivity index (χ0n) is 19.1. The van der Waals surface area contributed by atoms with Gasteiger partial charge in [0.15, 0.2) is 0 Å². The van der Waals surface area contributed by atoms with Crippen molar-refractivity contribution >= 4 is 23.4 Å². The molecule has 0 aliphatic carbocycles. The van der Waals surface area contributed by atoms with Crippen molar-refractivity contribution in [2.75, 3.05) is 26.1 Å². The average Bonchev–Trinajstić information content (AvgIpc) is 2.80. The molecule has 11 heteroatoms. The number of hydrogen-bond acceptors (Lipinski definition) is 5. The molecule has 1 atom stereocenters. The van der Waals surface area contributed by atoms with Crippen LogP contribution in [0.4, 0.5) is 18.9 Å². The van der Waals surface area contributed by atoms with Gasteiger partial charge in [-0.1, -0.05) is 13.8 Å². The van der Waals surface area contributed by atoms with Crippen LogP contribution in [-0.4, -0.2) is 50.7 Å². The van der Waals surface area contributed by atoms with Crippen LogP contribution in [0.2, 0.25) is 0 Å². The fourth-order valence-electron chi connectivity index (χ4n) is 2.91. The zero-order valence-corrected chi connectivity index (χ0v) is 19.1. The van der Waals surface area contributed by atoms with Crippen LogP contribution < -0.4 is 25.4 Å². The number of halogens is 3. The van der Waals surface area contributed by atoms with Crippen LogP contribution in [0.5, 0.6) is 11.5 Å². The first-order valence-electron chi connectivity index (χ1n) is 10.2. The number of ether oxygens (including phenoxy) is 2. The number of alkyl halides is 3. The summed E-state index contributed by atoms with van der Waals surface area (Å²) in [7, 11) is 2.90. The molecule has 0 spiro atoms. The van der Waals surface area contributed by atoms with Gasteiger partial charge in [-0.2, -0.15) is 13.2 Å². The fourth-order valence-corrected chi connectivity index (χ4v) is 2.91. The molecule has 2 rings (SSSR count). The van der Waals surface area contributed by atoms with Crippen molar-refractivity contribution in [3.8, 4) is 11.5 Å². The number of carbonyl (C=O) groups excluding carboxylic acids is 3. The fraction of sp³-hybridized carbons (Fsp3) is 0.348. The highest BCUT2D eigenvalue weighted by molar-refractivity contribution is 6.02. The number of carbonyl (C=O) groups is 3. The van der Waals surface area contributed by atoms with E-state index in [2.05, 4.69) is 10.6 Å². The van der Waals surface area contributed by atoms with E-state index in [4.69, 9.17) is 9.47 Å². The third-order valence-electron chi connectivity index (χ3n) is 4.71. The summed E-state index contributed by atoms with van der Waals surface area (Å²) in [4.78, 5) is 37.4. The van der Waals surface area contributed by atoms with Crippen LogP contribution in [-0.2, 0) is 4.79 Å². The van der Waals surface area contributed by atoms with E-state index in [1.807, 2.05) is 0 Å². The maximum Gasteiger partial charge on any atom is 0.405 e. The summed E-state index contributed by atoms with van der Waals surface area (Å²) < 4.78 is 47.1. The number of anilines is 1. The van der Waals surface area contributed by atoms with Crippen molar-refractivity contribution < 1.29 is 37.0 Å². The molecule has 0 saturated carbocycles. The SMILES string of the molecule is COc1cc(OC)cc(C(=O)NC(C(=O)Nc2ccc(C(=O)NCC(F)(F)F)cc2)C(C)C)c1. The first kappa shape index (κ1) is 26.5. The molecule has 0 fully saturated rings. The van der Waals surface area contributed by atoms with E-state index in [1.54, 1.807) is 25.2 Å². The Morgan fingerprint density at radius 1 is 0.882 bits per heavy atom. The Morgan fingerprint density at radius 2 is 1.44 bits per heavy atom. The summed E-state index contributed by atoms with van der Waals surface area (Å²) in [5.41, 5.74) is 0.548.